The predicted molar refractivity (Wildman–Crippen MR) is 107 cm³/mol. The molecule has 1 saturated heterocycles. The molecule has 0 N–H and O–H groups in total. The van der Waals surface area contributed by atoms with Crippen LogP contribution in [0.2, 0.25) is 5.02 Å². The first-order valence-corrected chi connectivity index (χ1v) is 9.73. The minimum Gasteiger partial charge on any atom is -0.489 e. The second-order valence-electron chi connectivity index (χ2n) is 7.37. The van der Waals surface area contributed by atoms with E-state index in [1.54, 1.807) is 42.5 Å². The monoisotopic (exact) mass is 408 g/mol. The van der Waals surface area contributed by atoms with Crippen molar-refractivity contribution in [2.24, 2.45) is 0 Å². The largest absolute Gasteiger partial charge is 0.489 e. The summed E-state index contributed by atoms with van der Waals surface area (Å²) in [5.74, 6) is 0.0630. The Morgan fingerprint density at radius 2 is 1.90 bits per heavy atom. The van der Waals surface area contributed by atoms with Crippen LogP contribution in [0.25, 0.3) is 11.5 Å². The van der Waals surface area contributed by atoms with Gasteiger partial charge in [0.1, 0.15) is 11.9 Å². The number of nitrogens with zero attached hydrogens (tertiary/aromatic N) is 2. The molecule has 3 aromatic rings. The van der Waals surface area contributed by atoms with Crippen molar-refractivity contribution in [2.75, 3.05) is 20.1 Å². The maximum absolute atomic E-state index is 12.8. The summed E-state index contributed by atoms with van der Waals surface area (Å²) in [6, 6.07) is 11.8. The van der Waals surface area contributed by atoms with E-state index in [-0.39, 0.29) is 35.0 Å². The van der Waals surface area contributed by atoms with Gasteiger partial charge in [0.25, 0.3) is 0 Å². The number of hydrogen-bond acceptors (Lipinski definition) is 6. The van der Waals surface area contributed by atoms with E-state index in [2.05, 4.69) is 16.9 Å². The summed E-state index contributed by atoms with van der Waals surface area (Å²) < 4.78 is 11.8. The molecule has 0 amide bonds. The Morgan fingerprint density at radius 3 is 2.62 bits per heavy atom. The molecule has 0 radical (unpaired) electrons. The lowest BCUT2D eigenvalue weighted by atomic mass is 9.91. The zero-order chi connectivity index (χ0) is 20.1. The summed E-state index contributed by atoms with van der Waals surface area (Å²) in [6.45, 7) is 1.83. The molecule has 1 aromatic heterocycles. The highest BCUT2D eigenvalue weighted by molar-refractivity contribution is 6.31. The maximum Gasteiger partial charge on any atom is 0.231 e. The van der Waals surface area contributed by atoms with Crippen molar-refractivity contribution in [3.05, 3.63) is 70.1 Å². The van der Waals surface area contributed by atoms with E-state index in [1.165, 1.54) is 0 Å². The molecular weight excluding hydrogens is 392 g/mol. The number of ether oxygens (including phenoxy) is 1. The molecule has 29 heavy (non-hydrogen) atoms. The third-order valence-electron chi connectivity index (χ3n) is 5.23. The minimum atomic E-state index is -0.346. The molecule has 1 fully saturated rings. The average Bonchev–Trinajstić information content (AvgIpc) is 3.32. The van der Waals surface area contributed by atoms with E-state index in [9.17, 15) is 9.59 Å². The number of likely N-dealkylation sites (N-methyl/N-ethyl adjacent to an activating group) is 1. The van der Waals surface area contributed by atoms with Gasteiger partial charge in [-0.15, -0.1) is 0 Å². The van der Waals surface area contributed by atoms with E-state index in [0.717, 1.165) is 19.5 Å². The van der Waals surface area contributed by atoms with Gasteiger partial charge in [0.05, 0.1) is 0 Å². The highest BCUT2D eigenvalue weighted by Gasteiger charge is 2.35. The summed E-state index contributed by atoms with van der Waals surface area (Å²) in [7, 11) is 2.05. The molecule has 146 valence electrons. The van der Waals surface area contributed by atoms with Crippen LogP contribution in [0.4, 0.5) is 0 Å². The number of likely N-dealkylation sites (tertiary alicyclic amines) is 1. The molecule has 7 heteroatoms. The lowest BCUT2D eigenvalue weighted by Crippen LogP contribution is -2.21. The first kappa shape index (κ1) is 18.1. The zero-order valence-electron chi connectivity index (χ0n) is 15.6. The maximum atomic E-state index is 12.8. The van der Waals surface area contributed by atoms with Gasteiger partial charge in [-0.3, -0.25) is 9.59 Å². The predicted octanol–water partition coefficient (Wildman–Crippen LogP) is 3.85. The van der Waals surface area contributed by atoms with E-state index in [1.807, 2.05) is 0 Å². The summed E-state index contributed by atoms with van der Waals surface area (Å²) in [6.07, 6.45) is 1.02. The van der Waals surface area contributed by atoms with Crippen molar-refractivity contribution < 1.29 is 18.7 Å². The molecule has 0 spiro atoms. The van der Waals surface area contributed by atoms with Gasteiger partial charge in [-0.05, 0) is 31.7 Å². The number of halogens is 1. The van der Waals surface area contributed by atoms with Gasteiger partial charge >= 0.3 is 0 Å². The van der Waals surface area contributed by atoms with Crippen molar-refractivity contribution in [3.8, 4) is 17.2 Å². The Hall–Kier alpha value is -2.96. The van der Waals surface area contributed by atoms with E-state index < -0.39 is 0 Å². The molecule has 0 unspecified atom stereocenters. The van der Waals surface area contributed by atoms with Crippen molar-refractivity contribution in [3.63, 3.8) is 0 Å². The Morgan fingerprint density at radius 1 is 1.14 bits per heavy atom. The number of carbonyl (C=O) groups is 2. The van der Waals surface area contributed by atoms with Crippen LogP contribution in [0.3, 0.4) is 0 Å². The Kier molecular flexibility index (Phi) is 4.26. The number of oxazole rings is 1. The molecule has 1 aliphatic carbocycles. The molecule has 2 aliphatic rings. The fourth-order valence-electron chi connectivity index (χ4n) is 3.82. The fourth-order valence-corrected chi connectivity index (χ4v) is 4.04. The highest BCUT2D eigenvalue weighted by atomic mass is 35.5. The number of hydrogen-bond donors (Lipinski definition) is 0. The fraction of sp³-hybridized carbons (Fsp3) is 0.227. The highest BCUT2D eigenvalue weighted by Crippen LogP contribution is 2.34. The van der Waals surface area contributed by atoms with Crippen molar-refractivity contribution in [2.45, 2.75) is 12.5 Å². The number of ketones is 2. The van der Waals surface area contributed by atoms with Crippen LogP contribution in [0.5, 0.6) is 5.75 Å². The minimum absolute atomic E-state index is 0.0311. The van der Waals surface area contributed by atoms with Crippen LogP contribution in [0.1, 0.15) is 38.6 Å². The lowest BCUT2D eigenvalue weighted by molar-refractivity contribution is 0.0959. The zero-order valence-corrected chi connectivity index (χ0v) is 16.4. The quantitative estimate of drug-likeness (QED) is 0.512. The van der Waals surface area contributed by atoms with Crippen LogP contribution in [0.15, 0.2) is 46.9 Å². The van der Waals surface area contributed by atoms with Gasteiger partial charge in [0, 0.05) is 34.8 Å². The number of benzene rings is 2. The van der Waals surface area contributed by atoms with Gasteiger partial charge in [-0.2, -0.15) is 0 Å². The second-order valence-corrected chi connectivity index (χ2v) is 7.80. The standard InChI is InChI=1S/C22H17ClN2O4/c1-25-7-6-14(11-25)28-15-9-12(8-13(23)10-15)22-24-18-19(26)16-4-2-3-5-17(16)20(27)21(18)29-22/h2-5,8-10,14H,6-7,11H2,1H3/t14-/m1/s1. The molecule has 6 nitrogen and oxygen atoms in total. The van der Waals surface area contributed by atoms with Crippen LogP contribution in [-0.4, -0.2) is 47.7 Å². The third-order valence-corrected chi connectivity index (χ3v) is 5.45. The third kappa shape index (κ3) is 3.14. The average molecular weight is 409 g/mol. The summed E-state index contributed by atoms with van der Waals surface area (Å²) in [5, 5.41) is 0.459. The molecule has 2 heterocycles. The molecule has 0 bridgehead atoms. The molecule has 0 saturated carbocycles. The van der Waals surface area contributed by atoms with Gasteiger partial charge in [0.15, 0.2) is 5.69 Å². The Balaban J connectivity index is 1.51. The van der Waals surface area contributed by atoms with Crippen LogP contribution < -0.4 is 4.74 Å². The summed E-state index contributed by atoms with van der Waals surface area (Å²) in [4.78, 5) is 32.0. The van der Waals surface area contributed by atoms with Crippen molar-refractivity contribution >= 4 is 23.2 Å². The summed E-state index contributed by atoms with van der Waals surface area (Å²) in [5.41, 5.74) is 1.25. The number of rotatable bonds is 3. The first-order chi connectivity index (χ1) is 14.0. The molecular formula is C22H17ClN2O4. The van der Waals surface area contributed by atoms with Crippen LogP contribution in [-0.2, 0) is 0 Å². The number of fused-ring (bicyclic) bond motifs is 2. The normalized spacial score (nSPS) is 18.6. The number of aromatic nitrogens is 1. The van der Waals surface area contributed by atoms with Gasteiger partial charge < -0.3 is 14.1 Å². The molecule has 1 aliphatic heterocycles. The molecule has 5 rings (SSSR count). The van der Waals surface area contributed by atoms with E-state index in [0.29, 0.717) is 27.5 Å². The van der Waals surface area contributed by atoms with Gasteiger partial charge in [0.2, 0.25) is 23.2 Å². The SMILES string of the molecule is CN1CC[C@@H](Oc2cc(Cl)cc(-c3nc4c(o3)C(=O)c3ccccc3C4=O)c2)C1. The van der Waals surface area contributed by atoms with E-state index in [4.69, 9.17) is 20.8 Å². The topological polar surface area (TPSA) is 72.6 Å². The molecule has 2 aromatic carbocycles. The van der Waals surface area contributed by atoms with Crippen LogP contribution >= 0.6 is 11.6 Å². The van der Waals surface area contributed by atoms with Crippen LogP contribution in [0, 0.1) is 0 Å². The number of carbonyl (C=O) groups excluding carboxylic acids is 2. The smallest absolute Gasteiger partial charge is 0.231 e. The van der Waals surface area contributed by atoms with E-state index >= 15 is 0 Å². The second kappa shape index (κ2) is 6.83. The van der Waals surface area contributed by atoms with Crippen molar-refractivity contribution in [1.29, 1.82) is 0 Å². The van der Waals surface area contributed by atoms with Crippen molar-refractivity contribution in [1.82, 2.24) is 9.88 Å². The Labute approximate surface area is 172 Å². The first-order valence-electron chi connectivity index (χ1n) is 9.35. The molecule has 1 atom stereocenters. The Bertz CT molecular complexity index is 1100. The lowest BCUT2D eigenvalue weighted by Gasteiger charge is -2.14. The van der Waals surface area contributed by atoms with Gasteiger partial charge in [-0.25, -0.2) is 4.98 Å². The van der Waals surface area contributed by atoms with Gasteiger partial charge in [-0.1, -0.05) is 35.9 Å². The summed E-state index contributed by atoms with van der Waals surface area (Å²) >= 11 is 6.28.